The average molecular weight is 348 g/mol. The van der Waals surface area contributed by atoms with Gasteiger partial charge in [0.25, 0.3) is 0 Å². The zero-order valence-corrected chi connectivity index (χ0v) is 15.5. The Kier molecular flexibility index (Phi) is 6.93. The molecule has 2 aliphatic heterocycles. The van der Waals surface area contributed by atoms with Crippen LogP contribution in [0.3, 0.4) is 0 Å². The Morgan fingerprint density at radius 2 is 2.12 bits per heavy atom. The quantitative estimate of drug-likeness (QED) is 0.710. The van der Waals surface area contributed by atoms with Gasteiger partial charge < -0.3 is 14.1 Å². The highest BCUT2D eigenvalue weighted by Crippen LogP contribution is 2.26. The molecular weight excluding hydrogens is 316 g/mol. The number of ether oxygens (including phenoxy) is 1. The van der Waals surface area contributed by atoms with Crippen LogP contribution in [0.1, 0.15) is 44.3 Å². The molecule has 2 saturated heterocycles. The van der Waals surface area contributed by atoms with E-state index in [0.29, 0.717) is 11.8 Å². The Hall–Kier alpha value is -1.33. The molecule has 0 unspecified atom stereocenters. The molecule has 1 aromatic heterocycles. The summed E-state index contributed by atoms with van der Waals surface area (Å²) in [5.41, 5.74) is 0. The first kappa shape index (κ1) is 18.5. The van der Waals surface area contributed by atoms with E-state index >= 15 is 0 Å². The van der Waals surface area contributed by atoms with Crippen LogP contribution in [0.2, 0.25) is 0 Å². The summed E-state index contributed by atoms with van der Waals surface area (Å²) < 4.78 is 10.6. The molecule has 0 N–H and O–H groups in total. The molecule has 0 saturated carbocycles. The van der Waals surface area contributed by atoms with Crippen LogP contribution in [0.25, 0.3) is 0 Å². The predicted molar refractivity (Wildman–Crippen MR) is 97.1 cm³/mol. The maximum atomic E-state index is 12.9. The molecule has 0 radical (unpaired) electrons. The summed E-state index contributed by atoms with van der Waals surface area (Å²) in [6.07, 6.45) is 8.38. The van der Waals surface area contributed by atoms with Crippen molar-refractivity contribution in [2.45, 2.75) is 45.1 Å². The van der Waals surface area contributed by atoms with Crippen LogP contribution < -0.4 is 0 Å². The van der Waals surface area contributed by atoms with Crippen molar-refractivity contribution in [2.75, 3.05) is 39.9 Å². The SMILES string of the molecule is COCCC[C@H]1CCCN(C(=O)C2CCN(Cc3ccco3)CC2)C1. The third-order valence-corrected chi connectivity index (χ3v) is 5.69. The molecule has 0 spiro atoms. The molecule has 3 rings (SSSR count). The van der Waals surface area contributed by atoms with Gasteiger partial charge in [-0.2, -0.15) is 0 Å². The molecule has 140 valence electrons. The lowest BCUT2D eigenvalue weighted by molar-refractivity contribution is -0.139. The highest BCUT2D eigenvalue weighted by molar-refractivity contribution is 5.79. The maximum absolute atomic E-state index is 12.9. The molecule has 2 aliphatic rings. The second kappa shape index (κ2) is 9.39. The van der Waals surface area contributed by atoms with Crippen LogP contribution in [0, 0.1) is 11.8 Å². The van der Waals surface area contributed by atoms with E-state index in [9.17, 15) is 4.79 Å². The van der Waals surface area contributed by atoms with E-state index in [1.54, 1.807) is 13.4 Å². The number of nitrogens with zero attached hydrogens (tertiary/aromatic N) is 2. The van der Waals surface area contributed by atoms with E-state index < -0.39 is 0 Å². The largest absolute Gasteiger partial charge is 0.468 e. The standard InChI is InChI=1S/C20H32N2O3/c1-24-13-3-6-17-5-2-10-22(15-17)20(23)18-8-11-21(12-9-18)16-19-7-4-14-25-19/h4,7,14,17-18H,2-3,5-6,8-13,15-16H2,1H3/t17-/m1/s1. The minimum Gasteiger partial charge on any atom is -0.468 e. The third kappa shape index (κ3) is 5.32. The molecule has 0 aromatic carbocycles. The van der Waals surface area contributed by atoms with Crippen LogP contribution in [0.5, 0.6) is 0 Å². The Bertz CT molecular complexity index is 509. The summed E-state index contributed by atoms with van der Waals surface area (Å²) >= 11 is 0. The highest BCUT2D eigenvalue weighted by atomic mass is 16.5. The van der Waals surface area contributed by atoms with Gasteiger partial charge in [0.1, 0.15) is 5.76 Å². The molecule has 25 heavy (non-hydrogen) atoms. The molecule has 0 bridgehead atoms. The normalized spacial score (nSPS) is 23.1. The monoisotopic (exact) mass is 348 g/mol. The topological polar surface area (TPSA) is 45.9 Å². The van der Waals surface area contributed by atoms with E-state index in [0.717, 1.165) is 70.8 Å². The summed E-state index contributed by atoms with van der Waals surface area (Å²) in [7, 11) is 1.76. The van der Waals surface area contributed by atoms with E-state index in [1.807, 2.05) is 12.1 Å². The Morgan fingerprint density at radius 3 is 2.84 bits per heavy atom. The van der Waals surface area contributed by atoms with Crippen LogP contribution in [-0.2, 0) is 16.1 Å². The zero-order chi connectivity index (χ0) is 17.5. The fourth-order valence-corrected chi connectivity index (χ4v) is 4.24. The number of furan rings is 1. The lowest BCUT2D eigenvalue weighted by atomic mass is 9.90. The summed E-state index contributed by atoms with van der Waals surface area (Å²) in [6.45, 7) is 5.57. The maximum Gasteiger partial charge on any atom is 0.225 e. The summed E-state index contributed by atoms with van der Waals surface area (Å²) in [6, 6.07) is 3.96. The summed E-state index contributed by atoms with van der Waals surface area (Å²) in [5, 5.41) is 0. The molecule has 5 nitrogen and oxygen atoms in total. The van der Waals surface area contributed by atoms with Crippen LogP contribution in [-0.4, -0.2) is 55.6 Å². The number of hydrogen-bond donors (Lipinski definition) is 0. The van der Waals surface area contributed by atoms with E-state index in [1.165, 1.54) is 12.8 Å². The molecular formula is C20H32N2O3. The van der Waals surface area contributed by atoms with Crippen molar-refractivity contribution in [3.63, 3.8) is 0 Å². The van der Waals surface area contributed by atoms with Gasteiger partial charge in [0.2, 0.25) is 5.91 Å². The van der Waals surface area contributed by atoms with Crippen molar-refractivity contribution >= 4 is 5.91 Å². The first-order valence-corrected chi connectivity index (χ1v) is 9.78. The molecule has 2 fully saturated rings. The first-order chi connectivity index (χ1) is 12.3. The van der Waals surface area contributed by atoms with Gasteiger partial charge in [0.15, 0.2) is 0 Å². The molecule has 1 atom stereocenters. The Labute approximate surface area is 151 Å². The van der Waals surface area contributed by atoms with Gasteiger partial charge in [-0.1, -0.05) is 0 Å². The number of carbonyl (C=O) groups is 1. The lowest BCUT2D eigenvalue weighted by Crippen LogP contribution is -2.46. The first-order valence-electron chi connectivity index (χ1n) is 9.78. The smallest absolute Gasteiger partial charge is 0.225 e. The highest BCUT2D eigenvalue weighted by Gasteiger charge is 2.31. The lowest BCUT2D eigenvalue weighted by Gasteiger charge is -2.37. The predicted octanol–water partition coefficient (Wildman–Crippen LogP) is 3.16. The number of amides is 1. The zero-order valence-electron chi connectivity index (χ0n) is 15.5. The average Bonchev–Trinajstić information content (AvgIpc) is 3.15. The van der Waals surface area contributed by atoms with Crippen LogP contribution in [0.15, 0.2) is 22.8 Å². The van der Waals surface area contributed by atoms with E-state index in [4.69, 9.17) is 9.15 Å². The second-order valence-corrected chi connectivity index (χ2v) is 7.56. The molecule has 0 aliphatic carbocycles. The van der Waals surface area contributed by atoms with Gasteiger partial charge >= 0.3 is 0 Å². The number of methoxy groups -OCH3 is 1. The number of carbonyl (C=O) groups excluding carboxylic acids is 1. The fourth-order valence-electron chi connectivity index (χ4n) is 4.24. The van der Waals surface area contributed by atoms with Gasteiger partial charge in [-0.3, -0.25) is 9.69 Å². The van der Waals surface area contributed by atoms with E-state index in [-0.39, 0.29) is 5.92 Å². The number of likely N-dealkylation sites (tertiary alicyclic amines) is 2. The molecule has 3 heterocycles. The van der Waals surface area contributed by atoms with Crippen molar-refractivity contribution in [1.29, 1.82) is 0 Å². The number of piperidine rings is 2. The summed E-state index contributed by atoms with van der Waals surface area (Å²) in [4.78, 5) is 17.5. The van der Waals surface area contributed by atoms with Gasteiger partial charge in [0.05, 0.1) is 12.8 Å². The minimum absolute atomic E-state index is 0.213. The molecule has 5 heteroatoms. The van der Waals surface area contributed by atoms with Crippen molar-refractivity contribution in [2.24, 2.45) is 11.8 Å². The Balaban J connectivity index is 1.42. The van der Waals surface area contributed by atoms with Crippen LogP contribution >= 0.6 is 0 Å². The Morgan fingerprint density at radius 1 is 1.28 bits per heavy atom. The second-order valence-electron chi connectivity index (χ2n) is 7.56. The van der Waals surface area contributed by atoms with Gasteiger partial charge in [-0.15, -0.1) is 0 Å². The summed E-state index contributed by atoms with van der Waals surface area (Å²) in [5.74, 6) is 2.28. The van der Waals surface area contributed by atoms with Crippen molar-refractivity contribution in [3.8, 4) is 0 Å². The van der Waals surface area contributed by atoms with Crippen LogP contribution in [0.4, 0.5) is 0 Å². The van der Waals surface area contributed by atoms with E-state index in [2.05, 4.69) is 9.80 Å². The number of hydrogen-bond acceptors (Lipinski definition) is 4. The van der Waals surface area contributed by atoms with Crippen molar-refractivity contribution < 1.29 is 13.9 Å². The van der Waals surface area contributed by atoms with Gasteiger partial charge in [0, 0.05) is 32.7 Å². The minimum atomic E-state index is 0.213. The number of rotatable bonds is 7. The molecule has 1 amide bonds. The molecule has 1 aromatic rings. The van der Waals surface area contributed by atoms with Crippen molar-refractivity contribution in [3.05, 3.63) is 24.2 Å². The van der Waals surface area contributed by atoms with Gasteiger partial charge in [-0.05, 0) is 69.7 Å². The van der Waals surface area contributed by atoms with Crippen molar-refractivity contribution in [1.82, 2.24) is 9.80 Å². The van der Waals surface area contributed by atoms with Gasteiger partial charge in [-0.25, -0.2) is 0 Å². The fraction of sp³-hybridized carbons (Fsp3) is 0.750. The third-order valence-electron chi connectivity index (χ3n) is 5.69.